The number of fused-ring (bicyclic) bond motifs is 12. The predicted molar refractivity (Wildman–Crippen MR) is 277 cm³/mol. The van der Waals surface area contributed by atoms with Crippen molar-refractivity contribution in [2.24, 2.45) is 44.8 Å². The molecular formula is C57H111N7. The number of likely N-dealkylation sites (N-methyl/N-ethyl adjacent to an activating group) is 1. The number of rotatable bonds is 0. The van der Waals surface area contributed by atoms with Gasteiger partial charge in [-0.2, -0.15) is 0 Å². The first kappa shape index (κ1) is 53.1. The zero-order valence-electron chi connectivity index (χ0n) is 46.1. The molecule has 64 heavy (non-hydrogen) atoms. The van der Waals surface area contributed by atoms with Crippen LogP contribution < -0.4 is 5.32 Å². The molecule has 0 aromatic heterocycles. The summed E-state index contributed by atoms with van der Waals surface area (Å²) in [5, 5.41) is 3.54. The normalized spacial score (nSPS) is 42.8. The molecule has 13 rings (SSSR count). The fourth-order valence-electron chi connectivity index (χ4n) is 16.7. The Morgan fingerprint density at radius 1 is 0.453 bits per heavy atom. The molecule has 13 fully saturated rings. The van der Waals surface area contributed by atoms with Gasteiger partial charge in [0.2, 0.25) is 0 Å². The highest BCUT2D eigenvalue weighted by atomic mass is 15.2. The second-order valence-electron chi connectivity index (χ2n) is 28.6. The molecule has 5 aliphatic carbocycles. The molecule has 8 aliphatic heterocycles. The molecule has 8 heterocycles. The van der Waals surface area contributed by atoms with E-state index >= 15 is 0 Å². The number of nitrogens with zero attached hydrogens (tertiary/aromatic N) is 6. The number of hydrogen-bond donors (Lipinski definition) is 1. The highest BCUT2D eigenvalue weighted by Gasteiger charge is 2.60. The summed E-state index contributed by atoms with van der Waals surface area (Å²) in [6.07, 6.45) is 26.1. The summed E-state index contributed by atoms with van der Waals surface area (Å²) >= 11 is 0. The molecule has 8 saturated heterocycles. The summed E-state index contributed by atoms with van der Waals surface area (Å²) in [5.41, 5.74) is 3.10. The maximum Gasteiger partial charge on any atom is 0.0154 e. The molecule has 13 aliphatic rings. The van der Waals surface area contributed by atoms with E-state index in [2.05, 4.69) is 153 Å². The van der Waals surface area contributed by atoms with Crippen molar-refractivity contribution in [2.75, 3.05) is 88.1 Å². The Kier molecular flexibility index (Phi) is 17.4. The van der Waals surface area contributed by atoms with E-state index in [0.717, 1.165) is 54.5 Å². The van der Waals surface area contributed by atoms with Gasteiger partial charge in [0.1, 0.15) is 0 Å². The van der Waals surface area contributed by atoms with Crippen LogP contribution >= 0.6 is 0 Å². The van der Waals surface area contributed by atoms with E-state index in [-0.39, 0.29) is 0 Å². The Bertz CT molecular complexity index is 1390. The molecule has 7 nitrogen and oxygen atoms in total. The molecule has 7 atom stereocenters. The maximum atomic E-state index is 3.54. The Morgan fingerprint density at radius 2 is 0.984 bits per heavy atom. The topological polar surface area (TPSA) is 31.5 Å². The number of hydrogen-bond acceptors (Lipinski definition) is 7. The molecule has 10 bridgehead atoms. The summed E-state index contributed by atoms with van der Waals surface area (Å²) in [4.78, 5) is 15.2. The summed E-state index contributed by atoms with van der Waals surface area (Å²) in [6, 6.07) is 5.24. The van der Waals surface area contributed by atoms with Crippen LogP contribution in [0.5, 0.6) is 0 Å². The van der Waals surface area contributed by atoms with E-state index in [4.69, 9.17) is 0 Å². The lowest BCUT2D eigenvalue weighted by Crippen LogP contribution is -2.48. The van der Waals surface area contributed by atoms with Crippen molar-refractivity contribution in [3.05, 3.63) is 0 Å². The van der Waals surface area contributed by atoms with Crippen LogP contribution in [-0.2, 0) is 0 Å². The van der Waals surface area contributed by atoms with Gasteiger partial charge in [0.25, 0.3) is 0 Å². The third-order valence-corrected chi connectivity index (χ3v) is 20.3. The smallest absolute Gasteiger partial charge is 0.0154 e. The molecule has 7 heteroatoms. The van der Waals surface area contributed by atoms with Gasteiger partial charge < -0.3 is 34.7 Å². The minimum atomic E-state index is 0.324. The lowest BCUT2D eigenvalue weighted by molar-refractivity contribution is -0.000750. The minimum Gasteiger partial charge on any atom is -0.310 e. The van der Waals surface area contributed by atoms with Gasteiger partial charge in [0.05, 0.1) is 0 Å². The summed E-state index contributed by atoms with van der Waals surface area (Å²) in [7, 11) is 13.6. The molecule has 0 aromatic rings. The third kappa shape index (κ3) is 13.5. The zero-order valence-corrected chi connectivity index (χ0v) is 46.1. The van der Waals surface area contributed by atoms with Gasteiger partial charge in [-0.15, -0.1) is 0 Å². The van der Waals surface area contributed by atoms with Crippen molar-refractivity contribution < 1.29 is 0 Å². The fourth-order valence-corrected chi connectivity index (χ4v) is 16.7. The second kappa shape index (κ2) is 21.0. The Morgan fingerprint density at radius 3 is 1.44 bits per heavy atom. The first-order valence-corrected chi connectivity index (χ1v) is 27.6. The highest BCUT2D eigenvalue weighted by molar-refractivity contribution is 5.12. The summed E-state index contributed by atoms with van der Waals surface area (Å²) in [5.74, 6) is 3.17. The fraction of sp³-hybridized carbons (Fsp3) is 1.00. The Balaban J connectivity index is 0.000000128. The average molecular weight is 895 g/mol. The van der Waals surface area contributed by atoms with Crippen molar-refractivity contribution in [3.8, 4) is 0 Å². The van der Waals surface area contributed by atoms with E-state index in [1.165, 1.54) is 155 Å². The van der Waals surface area contributed by atoms with Crippen molar-refractivity contribution in [2.45, 2.75) is 234 Å². The molecule has 374 valence electrons. The number of piperidine rings is 4. The number of likely N-dealkylation sites (tertiary alicyclic amines) is 3. The van der Waals surface area contributed by atoms with Gasteiger partial charge in [-0.25, -0.2) is 0 Å². The first-order chi connectivity index (χ1) is 29.7. The molecule has 0 aromatic carbocycles. The van der Waals surface area contributed by atoms with Crippen LogP contribution in [0.25, 0.3) is 0 Å². The monoisotopic (exact) mass is 894 g/mol. The van der Waals surface area contributed by atoms with Crippen LogP contribution in [-0.4, -0.2) is 159 Å². The van der Waals surface area contributed by atoms with Crippen LogP contribution in [0.2, 0.25) is 0 Å². The summed E-state index contributed by atoms with van der Waals surface area (Å²) < 4.78 is 0. The van der Waals surface area contributed by atoms with E-state index in [1.54, 1.807) is 0 Å². The van der Waals surface area contributed by atoms with Crippen LogP contribution in [0.15, 0.2) is 0 Å². The Labute approximate surface area is 399 Å². The van der Waals surface area contributed by atoms with Crippen molar-refractivity contribution in [3.63, 3.8) is 0 Å². The van der Waals surface area contributed by atoms with Crippen LogP contribution in [0.3, 0.4) is 0 Å². The zero-order chi connectivity index (χ0) is 47.0. The van der Waals surface area contributed by atoms with Gasteiger partial charge in [-0.05, 0) is 217 Å². The molecule has 1 N–H and O–H groups in total. The SMILES string of the molecule is CC1CC(C)(C)NCCN1C.CN1CC2(C)CC(C)(C)CC1C2(C)C.CN1CC2(C)CC1CC(C)(C)C2.CN1CC2CCC1CC2.CN1CC2CCC1CC2.CN1CC2CCCC1C2. The van der Waals surface area contributed by atoms with Crippen molar-refractivity contribution in [1.29, 1.82) is 0 Å². The van der Waals surface area contributed by atoms with Crippen molar-refractivity contribution >= 4 is 0 Å². The van der Waals surface area contributed by atoms with Gasteiger partial charge in [0.15, 0.2) is 0 Å². The lowest BCUT2D eigenvalue weighted by atomic mass is 9.53. The maximum absolute atomic E-state index is 3.54. The van der Waals surface area contributed by atoms with Crippen LogP contribution in [0.4, 0.5) is 0 Å². The van der Waals surface area contributed by atoms with Crippen molar-refractivity contribution in [1.82, 2.24) is 34.7 Å². The van der Waals surface area contributed by atoms with Crippen LogP contribution in [0, 0.1) is 44.8 Å². The quantitative estimate of drug-likeness (QED) is 0.259. The standard InChI is InChI=1S/C13H25N.C11H21N.C9H20N2.3C8H15N/c1-11(2)7-10-12(3,4)13(5,8-11)9-14(10)6;1-10(2)5-9-6-11(3,7-10)8-12(9)4;1-8-7-9(2,3)10-5-6-11(8)4;2*1-9-6-7-2-4-8(9)5-3-7;1-9-6-7-3-2-4-8(9)5-7/h10H,7-9H2,1-6H3;9H,5-8H2,1-4H3;8,10H,5-7H2,1-4H3;3*7-8H,2-6H2,1H3. The van der Waals surface area contributed by atoms with E-state index in [0.29, 0.717) is 38.7 Å². The molecule has 0 spiro atoms. The third-order valence-electron chi connectivity index (χ3n) is 20.3. The number of nitrogens with one attached hydrogen (secondary N) is 1. The highest BCUT2D eigenvalue weighted by Crippen LogP contribution is 2.61. The largest absolute Gasteiger partial charge is 0.310 e. The van der Waals surface area contributed by atoms with Crippen LogP contribution in [0.1, 0.15) is 192 Å². The average Bonchev–Trinajstić information content (AvgIpc) is 3.55. The molecule has 0 radical (unpaired) electrons. The minimum absolute atomic E-state index is 0.324. The predicted octanol–water partition coefficient (Wildman–Crippen LogP) is 11.2. The summed E-state index contributed by atoms with van der Waals surface area (Å²) in [6.45, 7) is 35.5. The Hall–Kier alpha value is -0.280. The molecule has 5 saturated carbocycles. The first-order valence-electron chi connectivity index (χ1n) is 27.6. The van der Waals surface area contributed by atoms with Gasteiger partial charge >= 0.3 is 0 Å². The van der Waals surface area contributed by atoms with E-state index in [1.807, 2.05) is 0 Å². The molecular weight excluding hydrogens is 783 g/mol. The van der Waals surface area contributed by atoms with E-state index < -0.39 is 0 Å². The lowest BCUT2D eigenvalue weighted by Gasteiger charge is -2.51. The van der Waals surface area contributed by atoms with Gasteiger partial charge in [-0.3, -0.25) is 0 Å². The van der Waals surface area contributed by atoms with E-state index in [9.17, 15) is 0 Å². The van der Waals surface area contributed by atoms with Gasteiger partial charge in [0, 0.05) is 87.6 Å². The molecule has 0 amide bonds. The second-order valence-corrected chi connectivity index (χ2v) is 28.6. The molecule has 7 unspecified atom stereocenters. The van der Waals surface area contributed by atoms with Gasteiger partial charge in [-0.1, -0.05) is 61.8 Å².